The summed E-state index contributed by atoms with van der Waals surface area (Å²) in [6.07, 6.45) is 6.10. The summed E-state index contributed by atoms with van der Waals surface area (Å²) in [5, 5.41) is 7.96. The van der Waals surface area contributed by atoms with Crippen LogP contribution in [-0.2, 0) is 6.54 Å². The molecule has 1 fully saturated rings. The second kappa shape index (κ2) is 8.61. The summed E-state index contributed by atoms with van der Waals surface area (Å²) < 4.78 is 22.0. The van der Waals surface area contributed by atoms with E-state index in [1.54, 1.807) is 23.5 Å². The highest BCUT2D eigenvalue weighted by Gasteiger charge is 2.29. The number of thiazole rings is 1. The molecule has 2 aromatic carbocycles. The Kier molecular flexibility index (Phi) is 5.53. The summed E-state index contributed by atoms with van der Waals surface area (Å²) in [6, 6.07) is 15.2. The second-order valence-electron chi connectivity index (χ2n) is 7.63. The lowest BCUT2D eigenvalue weighted by Gasteiger charge is -2.22. The van der Waals surface area contributed by atoms with E-state index in [0.29, 0.717) is 29.6 Å². The maximum Gasteiger partial charge on any atom is 0.136 e. The van der Waals surface area contributed by atoms with E-state index in [9.17, 15) is 4.39 Å². The highest BCUT2D eigenvalue weighted by molar-refractivity contribution is 7.09. The number of para-hydroxylation sites is 1. The molecule has 1 saturated heterocycles. The van der Waals surface area contributed by atoms with Crippen molar-refractivity contribution in [3.8, 4) is 22.7 Å². The fraction of sp³-hybridized carbons (Fsp3) is 0.250. The first-order chi connectivity index (χ1) is 15.2. The van der Waals surface area contributed by atoms with Gasteiger partial charge in [-0.3, -0.25) is 4.90 Å². The van der Waals surface area contributed by atoms with Gasteiger partial charge in [0.1, 0.15) is 22.3 Å². The minimum atomic E-state index is -0.336. The number of methoxy groups -OCH3 is 1. The van der Waals surface area contributed by atoms with Gasteiger partial charge in [0.05, 0.1) is 18.8 Å². The zero-order chi connectivity index (χ0) is 21.2. The predicted molar refractivity (Wildman–Crippen MR) is 120 cm³/mol. The number of hydrogen-bond acceptors (Lipinski definition) is 5. The molecule has 0 spiro atoms. The summed E-state index contributed by atoms with van der Waals surface area (Å²) >= 11 is 1.70. The van der Waals surface area contributed by atoms with Gasteiger partial charge in [0, 0.05) is 41.5 Å². The van der Waals surface area contributed by atoms with Crippen molar-refractivity contribution in [2.75, 3.05) is 13.7 Å². The Morgan fingerprint density at radius 1 is 1.19 bits per heavy atom. The lowest BCUT2D eigenvalue weighted by molar-refractivity contribution is 0.248. The Balaban J connectivity index is 1.54. The van der Waals surface area contributed by atoms with Gasteiger partial charge < -0.3 is 4.74 Å². The van der Waals surface area contributed by atoms with Crippen LogP contribution >= 0.6 is 11.3 Å². The zero-order valence-corrected chi connectivity index (χ0v) is 18.1. The molecule has 0 saturated carbocycles. The van der Waals surface area contributed by atoms with E-state index in [1.807, 2.05) is 52.8 Å². The van der Waals surface area contributed by atoms with Gasteiger partial charge in [-0.2, -0.15) is 5.10 Å². The Labute approximate surface area is 184 Å². The number of likely N-dealkylation sites (tertiary alicyclic amines) is 1. The minimum Gasteiger partial charge on any atom is -0.497 e. The topological polar surface area (TPSA) is 43.2 Å². The van der Waals surface area contributed by atoms with Crippen molar-refractivity contribution >= 4 is 11.3 Å². The molecular formula is C24H23FN4OS. The smallest absolute Gasteiger partial charge is 0.136 e. The minimum absolute atomic E-state index is 0.300. The number of nitrogens with zero attached hydrogens (tertiary/aromatic N) is 4. The Morgan fingerprint density at radius 3 is 2.81 bits per heavy atom. The summed E-state index contributed by atoms with van der Waals surface area (Å²) in [5.41, 5.74) is 3.09. The Hall–Kier alpha value is -3.03. The molecule has 2 aromatic heterocycles. The fourth-order valence-corrected chi connectivity index (χ4v) is 5.00. The molecule has 0 N–H and O–H groups in total. The third-order valence-electron chi connectivity index (χ3n) is 5.72. The van der Waals surface area contributed by atoms with Crippen molar-refractivity contribution in [1.82, 2.24) is 19.7 Å². The van der Waals surface area contributed by atoms with E-state index in [4.69, 9.17) is 9.84 Å². The quantitative estimate of drug-likeness (QED) is 0.403. The molecule has 0 radical (unpaired) electrons. The van der Waals surface area contributed by atoms with Gasteiger partial charge in [-0.15, -0.1) is 11.3 Å². The third-order valence-corrected chi connectivity index (χ3v) is 6.59. The number of rotatable bonds is 6. The molecule has 1 aliphatic rings. The lowest BCUT2D eigenvalue weighted by atomic mass is 10.1. The van der Waals surface area contributed by atoms with Crippen LogP contribution in [0.25, 0.3) is 16.9 Å². The Bertz CT molecular complexity index is 1160. The van der Waals surface area contributed by atoms with Crippen LogP contribution < -0.4 is 4.74 Å². The first-order valence-corrected chi connectivity index (χ1v) is 11.2. The molecule has 0 bridgehead atoms. The average Bonchev–Trinajstić information content (AvgIpc) is 3.56. The van der Waals surface area contributed by atoms with E-state index >= 15 is 0 Å². The summed E-state index contributed by atoms with van der Waals surface area (Å²) in [5.74, 6) is 0.158. The molecule has 3 heterocycles. The van der Waals surface area contributed by atoms with E-state index in [2.05, 4.69) is 9.88 Å². The highest BCUT2D eigenvalue weighted by Crippen LogP contribution is 2.36. The first kappa shape index (κ1) is 19.9. The van der Waals surface area contributed by atoms with Crippen molar-refractivity contribution < 1.29 is 9.13 Å². The van der Waals surface area contributed by atoms with Crippen LogP contribution in [0, 0.1) is 5.82 Å². The monoisotopic (exact) mass is 434 g/mol. The molecule has 5 rings (SSSR count). The predicted octanol–water partition coefficient (Wildman–Crippen LogP) is 5.48. The zero-order valence-electron chi connectivity index (χ0n) is 17.2. The summed E-state index contributed by atoms with van der Waals surface area (Å²) in [7, 11) is 1.54. The number of aromatic nitrogens is 3. The van der Waals surface area contributed by atoms with Crippen LogP contribution in [0.2, 0.25) is 0 Å². The van der Waals surface area contributed by atoms with Gasteiger partial charge in [0.2, 0.25) is 0 Å². The van der Waals surface area contributed by atoms with Crippen molar-refractivity contribution in [3.05, 3.63) is 82.7 Å². The number of benzene rings is 2. The van der Waals surface area contributed by atoms with Crippen LogP contribution in [0.1, 0.15) is 29.5 Å². The number of halogens is 1. The second-order valence-corrected chi connectivity index (χ2v) is 8.55. The normalized spacial score (nSPS) is 16.6. The molecule has 1 atom stereocenters. The van der Waals surface area contributed by atoms with Gasteiger partial charge in [-0.25, -0.2) is 14.1 Å². The fourth-order valence-electron chi connectivity index (χ4n) is 4.19. The molecule has 4 aromatic rings. The SMILES string of the molecule is COc1ccc(-c2nn(-c3ccccc3)cc2CN2CCC[C@@H]2c2nccs2)c(F)c1. The molecule has 158 valence electrons. The van der Waals surface area contributed by atoms with E-state index in [-0.39, 0.29) is 5.82 Å². The molecule has 0 unspecified atom stereocenters. The van der Waals surface area contributed by atoms with Crippen LogP contribution in [0.3, 0.4) is 0 Å². The van der Waals surface area contributed by atoms with Crippen LogP contribution in [0.5, 0.6) is 5.75 Å². The van der Waals surface area contributed by atoms with Crippen LogP contribution in [0.15, 0.2) is 66.3 Å². The van der Waals surface area contributed by atoms with E-state index in [1.165, 1.54) is 13.2 Å². The molecular weight excluding hydrogens is 411 g/mol. The van der Waals surface area contributed by atoms with Crippen molar-refractivity contribution in [2.45, 2.75) is 25.4 Å². The summed E-state index contributed by atoms with van der Waals surface area (Å²) in [4.78, 5) is 6.97. The Morgan fingerprint density at radius 2 is 2.06 bits per heavy atom. The molecule has 5 nitrogen and oxygen atoms in total. The van der Waals surface area contributed by atoms with Crippen molar-refractivity contribution in [1.29, 1.82) is 0 Å². The third kappa shape index (κ3) is 3.98. The maximum atomic E-state index is 15.0. The van der Waals surface area contributed by atoms with Crippen LogP contribution in [0.4, 0.5) is 4.39 Å². The van der Waals surface area contributed by atoms with Gasteiger partial charge in [-0.1, -0.05) is 18.2 Å². The first-order valence-electron chi connectivity index (χ1n) is 10.3. The van der Waals surface area contributed by atoms with Gasteiger partial charge in [0.15, 0.2) is 0 Å². The molecule has 0 aliphatic carbocycles. The van der Waals surface area contributed by atoms with Gasteiger partial charge >= 0.3 is 0 Å². The molecule has 1 aliphatic heterocycles. The van der Waals surface area contributed by atoms with Crippen LogP contribution in [-0.4, -0.2) is 33.3 Å². The average molecular weight is 435 g/mol. The standard InChI is InChI=1S/C24H23FN4OS/c1-30-19-9-10-20(21(25)14-19)23-17(16-29(27-23)18-6-3-2-4-7-18)15-28-12-5-8-22(28)24-26-11-13-31-24/h2-4,6-7,9-11,13-14,16,22H,5,8,12,15H2,1H3/t22-/m1/s1. The lowest BCUT2D eigenvalue weighted by Crippen LogP contribution is -2.22. The molecule has 7 heteroatoms. The van der Waals surface area contributed by atoms with Crippen molar-refractivity contribution in [3.63, 3.8) is 0 Å². The van der Waals surface area contributed by atoms with E-state index in [0.717, 1.165) is 35.6 Å². The van der Waals surface area contributed by atoms with Gasteiger partial charge in [0.25, 0.3) is 0 Å². The largest absolute Gasteiger partial charge is 0.497 e. The van der Waals surface area contributed by atoms with E-state index < -0.39 is 0 Å². The van der Waals surface area contributed by atoms with Gasteiger partial charge in [-0.05, 0) is 43.7 Å². The van der Waals surface area contributed by atoms with Crippen molar-refractivity contribution in [2.24, 2.45) is 0 Å². The molecule has 0 amide bonds. The number of ether oxygens (including phenoxy) is 1. The number of hydrogen-bond donors (Lipinski definition) is 0. The highest BCUT2D eigenvalue weighted by atomic mass is 32.1. The molecule has 31 heavy (non-hydrogen) atoms. The summed E-state index contributed by atoms with van der Waals surface area (Å²) in [6.45, 7) is 1.68. The maximum absolute atomic E-state index is 15.0.